The molecule has 0 saturated carbocycles. The molecule has 0 spiro atoms. The number of carbonyl (C=O) groups is 3. The van der Waals surface area contributed by atoms with Crippen molar-refractivity contribution in [3.63, 3.8) is 0 Å². The van der Waals surface area contributed by atoms with Crippen LogP contribution in [-0.4, -0.2) is 72.2 Å². The summed E-state index contributed by atoms with van der Waals surface area (Å²) in [7, 11) is 1.63. The molecule has 0 bridgehead atoms. The van der Waals surface area contributed by atoms with E-state index in [1.165, 1.54) is 16.2 Å². The minimum Gasteiger partial charge on any atom is -0.338 e. The smallest absolute Gasteiger partial charge is 0.264 e. The zero-order valence-electron chi connectivity index (χ0n) is 15.9. The van der Waals surface area contributed by atoms with Gasteiger partial charge in [-0.1, -0.05) is 17.7 Å². The van der Waals surface area contributed by atoms with E-state index in [2.05, 4.69) is 15.9 Å². The third-order valence-corrected chi connectivity index (χ3v) is 6.33. The van der Waals surface area contributed by atoms with Crippen LogP contribution in [0, 0.1) is 6.92 Å². The van der Waals surface area contributed by atoms with E-state index in [-0.39, 0.29) is 24.3 Å². The number of hydrogen-bond donors (Lipinski definition) is 0. The van der Waals surface area contributed by atoms with Crippen molar-refractivity contribution < 1.29 is 14.4 Å². The molecule has 148 valence electrons. The van der Waals surface area contributed by atoms with Crippen LogP contribution in [0.3, 0.4) is 0 Å². The summed E-state index contributed by atoms with van der Waals surface area (Å²) in [6.45, 7) is 3.95. The average Bonchev–Trinajstić information content (AvgIpc) is 3.13. The fourth-order valence-electron chi connectivity index (χ4n) is 3.03. The molecule has 2 heterocycles. The molecule has 8 heteroatoms. The maximum absolute atomic E-state index is 12.6. The van der Waals surface area contributed by atoms with Crippen molar-refractivity contribution in [3.05, 3.63) is 56.2 Å². The molecule has 2 aromatic rings. The van der Waals surface area contributed by atoms with E-state index in [1.54, 1.807) is 22.9 Å². The van der Waals surface area contributed by atoms with Gasteiger partial charge in [0.25, 0.3) is 11.8 Å². The number of rotatable bonds is 4. The minimum absolute atomic E-state index is 0.0114. The lowest BCUT2D eigenvalue weighted by atomic mass is 10.1. The monoisotopic (exact) mass is 463 g/mol. The highest BCUT2D eigenvalue weighted by Crippen LogP contribution is 2.23. The molecule has 3 amide bonds. The highest BCUT2D eigenvalue weighted by Gasteiger charge is 2.26. The van der Waals surface area contributed by atoms with Gasteiger partial charge in [-0.3, -0.25) is 14.4 Å². The van der Waals surface area contributed by atoms with Crippen LogP contribution in [-0.2, 0) is 4.79 Å². The lowest BCUT2D eigenvalue weighted by Gasteiger charge is -2.35. The highest BCUT2D eigenvalue weighted by atomic mass is 79.9. The number of benzene rings is 1. The molecule has 1 saturated heterocycles. The van der Waals surface area contributed by atoms with Crippen LogP contribution in [0.5, 0.6) is 0 Å². The number of piperazine rings is 1. The predicted octanol–water partition coefficient (Wildman–Crippen LogP) is 2.88. The summed E-state index contributed by atoms with van der Waals surface area (Å²) in [6.07, 6.45) is 0. The van der Waals surface area contributed by atoms with Gasteiger partial charge in [-0.25, -0.2) is 0 Å². The van der Waals surface area contributed by atoms with E-state index in [4.69, 9.17) is 0 Å². The third-order valence-electron chi connectivity index (χ3n) is 4.72. The first-order valence-electron chi connectivity index (χ1n) is 8.99. The lowest BCUT2D eigenvalue weighted by molar-refractivity contribution is -0.133. The Labute approximate surface area is 176 Å². The van der Waals surface area contributed by atoms with Gasteiger partial charge in [-0.15, -0.1) is 11.3 Å². The summed E-state index contributed by atoms with van der Waals surface area (Å²) in [6, 6.07) is 11.1. The molecule has 1 aromatic carbocycles. The standard InChI is InChI=1S/C20H22BrN3O3S/c1-14-3-5-15(6-4-14)19(26)24-11-9-23(10-12-24)18(25)13-22(2)20(27)16-7-8-17(21)28-16/h3-8H,9-13H2,1-2H3. The Morgan fingerprint density at radius 3 is 2.18 bits per heavy atom. The fraction of sp³-hybridized carbons (Fsp3) is 0.350. The van der Waals surface area contributed by atoms with E-state index >= 15 is 0 Å². The maximum Gasteiger partial charge on any atom is 0.264 e. The normalized spacial score (nSPS) is 14.1. The van der Waals surface area contributed by atoms with E-state index in [1.807, 2.05) is 37.3 Å². The Morgan fingerprint density at radius 2 is 1.61 bits per heavy atom. The molecule has 1 fully saturated rings. The summed E-state index contributed by atoms with van der Waals surface area (Å²) in [5.41, 5.74) is 1.78. The first kappa shape index (κ1) is 20.5. The molecule has 28 heavy (non-hydrogen) atoms. The second kappa shape index (κ2) is 8.87. The number of likely N-dealkylation sites (N-methyl/N-ethyl adjacent to an activating group) is 1. The summed E-state index contributed by atoms with van der Waals surface area (Å²) < 4.78 is 0.880. The lowest BCUT2D eigenvalue weighted by Crippen LogP contribution is -2.52. The van der Waals surface area contributed by atoms with Crippen LogP contribution in [0.4, 0.5) is 0 Å². The number of amides is 3. The Morgan fingerprint density at radius 1 is 1.00 bits per heavy atom. The first-order chi connectivity index (χ1) is 13.3. The van der Waals surface area contributed by atoms with Gasteiger partial charge in [0.05, 0.1) is 15.2 Å². The minimum atomic E-state index is -0.169. The zero-order valence-corrected chi connectivity index (χ0v) is 18.3. The molecular weight excluding hydrogens is 442 g/mol. The van der Waals surface area contributed by atoms with E-state index in [0.717, 1.165) is 9.35 Å². The van der Waals surface area contributed by atoms with Gasteiger partial charge >= 0.3 is 0 Å². The van der Waals surface area contributed by atoms with Gasteiger partial charge in [-0.05, 0) is 47.1 Å². The van der Waals surface area contributed by atoms with Gasteiger partial charge in [0.15, 0.2) is 0 Å². The Hall–Kier alpha value is -2.19. The van der Waals surface area contributed by atoms with Gasteiger partial charge in [0.2, 0.25) is 5.91 Å². The van der Waals surface area contributed by atoms with Gasteiger partial charge in [-0.2, -0.15) is 0 Å². The molecule has 3 rings (SSSR count). The molecule has 0 unspecified atom stereocenters. The van der Waals surface area contributed by atoms with Crippen LogP contribution in [0.2, 0.25) is 0 Å². The Kier molecular flexibility index (Phi) is 6.51. The van der Waals surface area contributed by atoms with Crippen LogP contribution >= 0.6 is 27.3 Å². The largest absolute Gasteiger partial charge is 0.338 e. The molecule has 1 aromatic heterocycles. The fourth-order valence-corrected chi connectivity index (χ4v) is 4.41. The quantitative estimate of drug-likeness (QED) is 0.700. The molecule has 6 nitrogen and oxygen atoms in total. The first-order valence-corrected chi connectivity index (χ1v) is 10.6. The number of aryl methyl sites for hydroxylation is 1. The molecule has 0 N–H and O–H groups in total. The summed E-state index contributed by atoms with van der Waals surface area (Å²) in [5.74, 6) is -0.284. The zero-order chi connectivity index (χ0) is 20.3. The van der Waals surface area contributed by atoms with E-state index in [9.17, 15) is 14.4 Å². The number of nitrogens with zero attached hydrogens (tertiary/aromatic N) is 3. The van der Waals surface area contributed by atoms with Crippen LogP contribution in [0.1, 0.15) is 25.6 Å². The van der Waals surface area contributed by atoms with Crippen LogP contribution in [0.25, 0.3) is 0 Å². The Balaban J connectivity index is 1.51. The predicted molar refractivity (Wildman–Crippen MR) is 113 cm³/mol. The van der Waals surface area contributed by atoms with E-state index < -0.39 is 0 Å². The molecule has 1 aliphatic heterocycles. The van der Waals surface area contributed by atoms with Crippen LogP contribution in [0.15, 0.2) is 40.2 Å². The number of thiophene rings is 1. The topological polar surface area (TPSA) is 60.9 Å². The molecule has 0 atom stereocenters. The molecule has 0 radical (unpaired) electrons. The Bertz CT molecular complexity index is 873. The van der Waals surface area contributed by atoms with Crippen molar-refractivity contribution in [3.8, 4) is 0 Å². The molecular formula is C20H22BrN3O3S. The van der Waals surface area contributed by atoms with Crippen molar-refractivity contribution >= 4 is 45.0 Å². The van der Waals surface area contributed by atoms with Gasteiger partial charge in [0, 0.05) is 38.8 Å². The SMILES string of the molecule is Cc1ccc(C(=O)N2CCN(C(=O)CN(C)C(=O)c3ccc(Br)s3)CC2)cc1. The summed E-state index contributed by atoms with van der Waals surface area (Å²) in [5, 5.41) is 0. The second-order valence-corrected chi connectivity index (χ2v) is 9.27. The van der Waals surface area contributed by atoms with Crippen molar-refractivity contribution in [2.75, 3.05) is 39.8 Å². The van der Waals surface area contributed by atoms with Crippen molar-refractivity contribution in [2.24, 2.45) is 0 Å². The molecule has 1 aliphatic rings. The van der Waals surface area contributed by atoms with Crippen molar-refractivity contribution in [2.45, 2.75) is 6.92 Å². The van der Waals surface area contributed by atoms with Gasteiger partial charge in [0.1, 0.15) is 0 Å². The summed E-state index contributed by atoms with van der Waals surface area (Å²) in [4.78, 5) is 43.0. The average molecular weight is 464 g/mol. The van der Waals surface area contributed by atoms with Crippen molar-refractivity contribution in [1.82, 2.24) is 14.7 Å². The third kappa shape index (κ3) is 4.80. The number of halogens is 1. The number of carbonyl (C=O) groups excluding carboxylic acids is 3. The second-order valence-electron chi connectivity index (χ2n) is 6.80. The van der Waals surface area contributed by atoms with Gasteiger partial charge < -0.3 is 14.7 Å². The molecule has 0 aliphatic carbocycles. The maximum atomic E-state index is 12.6. The van der Waals surface area contributed by atoms with Crippen molar-refractivity contribution in [1.29, 1.82) is 0 Å². The van der Waals surface area contributed by atoms with E-state index in [0.29, 0.717) is 36.6 Å². The van der Waals surface area contributed by atoms with Crippen LogP contribution < -0.4 is 0 Å². The number of hydrogen-bond acceptors (Lipinski definition) is 4. The summed E-state index contributed by atoms with van der Waals surface area (Å²) >= 11 is 4.69. The highest BCUT2D eigenvalue weighted by molar-refractivity contribution is 9.11.